The molecule has 0 atom stereocenters. The third-order valence-electron chi connectivity index (χ3n) is 3.87. The molecule has 0 unspecified atom stereocenters. The Bertz CT molecular complexity index is 954. The molecule has 0 radical (unpaired) electrons. The van der Waals surface area contributed by atoms with Crippen LogP contribution in [0.1, 0.15) is 17.9 Å². The standard InChI is InChI=1S/C20H17Cl2N3O3/c21-15-5-1-13(2-6-15)11-19(27)25-24-18(26)9-10-20-23-12-17(28-20)14-3-7-16(22)8-4-14/h1-8,12H,9-11H2,(H,24,26)(H,25,27). The Morgan fingerprint density at radius 3 is 2.18 bits per heavy atom. The minimum Gasteiger partial charge on any atom is -0.441 e. The lowest BCUT2D eigenvalue weighted by molar-refractivity contribution is -0.128. The molecule has 0 fully saturated rings. The molecule has 0 saturated heterocycles. The minimum atomic E-state index is -0.337. The second kappa shape index (κ2) is 9.39. The van der Waals surface area contributed by atoms with Crippen LogP contribution in [0.4, 0.5) is 0 Å². The number of rotatable bonds is 6. The molecule has 28 heavy (non-hydrogen) atoms. The van der Waals surface area contributed by atoms with E-state index in [0.717, 1.165) is 11.1 Å². The molecular formula is C20H17Cl2N3O3. The molecule has 0 aliphatic rings. The first-order valence-corrected chi connectivity index (χ1v) is 9.28. The predicted molar refractivity (Wildman–Crippen MR) is 107 cm³/mol. The summed E-state index contributed by atoms with van der Waals surface area (Å²) >= 11 is 11.7. The van der Waals surface area contributed by atoms with Crippen LogP contribution in [-0.4, -0.2) is 16.8 Å². The zero-order chi connectivity index (χ0) is 19.9. The molecule has 0 aliphatic carbocycles. The van der Waals surface area contributed by atoms with Gasteiger partial charge in [0.2, 0.25) is 11.8 Å². The lowest BCUT2D eigenvalue weighted by Crippen LogP contribution is -2.42. The molecular weight excluding hydrogens is 401 g/mol. The van der Waals surface area contributed by atoms with E-state index in [1.807, 2.05) is 12.1 Å². The molecule has 8 heteroatoms. The number of halogens is 2. The summed E-state index contributed by atoms with van der Waals surface area (Å²) in [6.45, 7) is 0. The van der Waals surface area contributed by atoms with Crippen molar-refractivity contribution >= 4 is 35.0 Å². The van der Waals surface area contributed by atoms with Gasteiger partial charge in [-0.2, -0.15) is 0 Å². The lowest BCUT2D eigenvalue weighted by Gasteiger charge is -2.07. The van der Waals surface area contributed by atoms with E-state index in [0.29, 0.717) is 28.1 Å². The van der Waals surface area contributed by atoms with Crippen LogP contribution in [0.5, 0.6) is 0 Å². The molecule has 0 aliphatic heterocycles. The van der Waals surface area contributed by atoms with Crippen molar-refractivity contribution in [2.45, 2.75) is 19.3 Å². The Morgan fingerprint density at radius 1 is 0.893 bits per heavy atom. The number of aryl methyl sites for hydroxylation is 1. The number of carbonyl (C=O) groups excluding carboxylic acids is 2. The summed E-state index contributed by atoms with van der Waals surface area (Å²) in [5.74, 6) is 0.378. The van der Waals surface area contributed by atoms with Crippen molar-refractivity contribution in [1.82, 2.24) is 15.8 Å². The lowest BCUT2D eigenvalue weighted by atomic mass is 10.1. The fourth-order valence-corrected chi connectivity index (χ4v) is 2.68. The predicted octanol–water partition coefficient (Wildman–Crippen LogP) is 3.97. The molecule has 0 saturated carbocycles. The summed E-state index contributed by atoms with van der Waals surface area (Å²) < 4.78 is 5.64. The van der Waals surface area contributed by atoms with Gasteiger partial charge in [0.15, 0.2) is 11.7 Å². The van der Waals surface area contributed by atoms with E-state index in [1.54, 1.807) is 42.6 Å². The Morgan fingerprint density at radius 2 is 1.50 bits per heavy atom. The number of amides is 2. The molecule has 2 aromatic carbocycles. The molecule has 3 aromatic rings. The number of nitrogens with zero attached hydrogens (tertiary/aromatic N) is 1. The number of carbonyl (C=O) groups is 2. The third-order valence-corrected chi connectivity index (χ3v) is 4.37. The monoisotopic (exact) mass is 417 g/mol. The van der Waals surface area contributed by atoms with Gasteiger partial charge in [-0.25, -0.2) is 4.98 Å². The molecule has 3 rings (SSSR count). The van der Waals surface area contributed by atoms with Crippen molar-refractivity contribution in [3.05, 3.63) is 76.2 Å². The molecule has 2 N–H and O–H groups in total. The molecule has 1 heterocycles. The van der Waals surface area contributed by atoms with Gasteiger partial charge < -0.3 is 4.42 Å². The van der Waals surface area contributed by atoms with Crippen LogP contribution in [0.15, 0.2) is 59.1 Å². The molecule has 0 bridgehead atoms. The van der Waals surface area contributed by atoms with Gasteiger partial charge >= 0.3 is 0 Å². The van der Waals surface area contributed by atoms with Crippen LogP contribution >= 0.6 is 23.2 Å². The number of benzene rings is 2. The van der Waals surface area contributed by atoms with E-state index in [2.05, 4.69) is 15.8 Å². The normalized spacial score (nSPS) is 10.5. The van der Waals surface area contributed by atoms with E-state index in [-0.39, 0.29) is 24.7 Å². The fraction of sp³-hybridized carbons (Fsp3) is 0.150. The van der Waals surface area contributed by atoms with Crippen molar-refractivity contribution in [2.75, 3.05) is 0 Å². The van der Waals surface area contributed by atoms with Gasteiger partial charge in [0, 0.05) is 28.5 Å². The van der Waals surface area contributed by atoms with E-state index in [9.17, 15) is 9.59 Å². The summed E-state index contributed by atoms with van der Waals surface area (Å²) in [5.41, 5.74) is 6.41. The maximum Gasteiger partial charge on any atom is 0.242 e. The maximum atomic E-state index is 11.9. The van der Waals surface area contributed by atoms with Crippen LogP contribution in [0.25, 0.3) is 11.3 Å². The second-order valence-corrected chi connectivity index (χ2v) is 6.90. The number of hydrazine groups is 1. The average molecular weight is 418 g/mol. The van der Waals surface area contributed by atoms with Crippen LogP contribution in [0.2, 0.25) is 10.0 Å². The van der Waals surface area contributed by atoms with Crippen molar-refractivity contribution in [1.29, 1.82) is 0 Å². The summed E-state index contributed by atoms with van der Waals surface area (Å²) in [6.07, 6.45) is 2.18. The smallest absolute Gasteiger partial charge is 0.242 e. The highest BCUT2D eigenvalue weighted by atomic mass is 35.5. The van der Waals surface area contributed by atoms with Crippen molar-refractivity contribution in [2.24, 2.45) is 0 Å². The topological polar surface area (TPSA) is 84.2 Å². The minimum absolute atomic E-state index is 0.127. The van der Waals surface area contributed by atoms with Crippen molar-refractivity contribution in [3.8, 4) is 11.3 Å². The quantitative estimate of drug-likeness (QED) is 0.594. The zero-order valence-electron chi connectivity index (χ0n) is 14.7. The molecule has 1 aromatic heterocycles. The number of aromatic nitrogens is 1. The largest absolute Gasteiger partial charge is 0.441 e. The number of hydrogen-bond donors (Lipinski definition) is 2. The summed E-state index contributed by atoms with van der Waals surface area (Å²) in [5, 5.41) is 1.24. The van der Waals surface area contributed by atoms with E-state index < -0.39 is 0 Å². The van der Waals surface area contributed by atoms with Gasteiger partial charge in [0.25, 0.3) is 0 Å². The molecule has 6 nitrogen and oxygen atoms in total. The Labute approximate surface area is 171 Å². The van der Waals surface area contributed by atoms with Crippen molar-refractivity contribution < 1.29 is 14.0 Å². The molecule has 2 amide bonds. The summed E-state index contributed by atoms with van der Waals surface area (Å²) in [4.78, 5) is 27.9. The first-order chi connectivity index (χ1) is 13.5. The van der Waals surface area contributed by atoms with Crippen LogP contribution < -0.4 is 10.9 Å². The van der Waals surface area contributed by atoms with Crippen molar-refractivity contribution in [3.63, 3.8) is 0 Å². The Balaban J connectivity index is 1.42. The third kappa shape index (κ3) is 5.84. The number of oxazole rings is 1. The van der Waals surface area contributed by atoms with Gasteiger partial charge in [-0.1, -0.05) is 35.3 Å². The van der Waals surface area contributed by atoms with Crippen LogP contribution in [0.3, 0.4) is 0 Å². The van der Waals surface area contributed by atoms with Crippen LogP contribution in [-0.2, 0) is 22.4 Å². The molecule has 0 spiro atoms. The first-order valence-electron chi connectivity index (χ1n) is 8.52. The summed E-state index contributed by atoms with van der Waals surface area (Å²) in [6, 6.07) is 14.1. The molecule has 144 valence electrons. The fourth-order valence-electron chi connectivity index (χ4n) is 2.43. The van der Waals surface area contributed by atoms with Gasteiger partial charge in [-0.15, -0.1) is 0 Å². The van der Waals surface area contributed by atoms with E-state index in [4.69, 9.17) is 27.6 Å². The van der Waals surface area contributed by atoms with E-state index >= 15 is 0 Å². The second-order valence-electron chi connectivity index (χ2n) is 6.02. The van der Waals surface area contributed by atoms with Crippen LogP contribution in [0, 0.1) is 0 Å². The number of nitrogens with one attached hydrogen (secondary N) is 2. The first kappa shape index (κ1) is 19.9. The zero-order valence-corrected chi connectivity index (χ0v) is 16.3. The van der Waals surface area contributed by atoms with Gasteiger partial charge in [0.05, 0.1) is 12.6 Å². The SMILES string of the molecule is O=C(CCc1ncc(-c2ccc(Cl)cc2)o1)NNC(=O)Cc1ccc(Cl)cc1. The Hall–Kier alpha value is -2.83. The average Bonchev–Trinajstić information content (AvgIpc) is 3.16. The van der Waals surface area contributed by atoms with Gasteiger partial charge in [0.1, 0.15) is 0 Å². The van der Waals surface area contributed by atoms with Gasteiger partial charge in [-0.3, -0.25) is 20.4 Å². The highest BCUT2D eigenvalue weighted by Crippen LogP contribution is 2.22. The Kier molecular flexibility index (Phi) is 6.68. The highest BCUT2D eigenvalue weighted by Gasteiger charge is 2.10. The van der Waals surface area contributed by atoms with Gasteiger partial charge in [-0.05, 0) is 42.0 Å². The highest BCUT2D eigenvalue weighted by molar-refractivity contribution is 6.30. The van der Waals surface area contributed by atoms with E-state index in [1.165, 1.54) is 0 Å². The maximum absolute atomic E-state index is 11.9. The summed E-state index contributed by atoms with van der Waals surface area (Å²) in [7, 11) is 0. The number of hydrogen-bond acceptors (Lipinski definition) is 4.